The summed E-state index contributed by atoms with van der Waals surface area (Å²) < 4.78 is 52.7. The summed E-state index contributed by atoms with van der Waals surface area (Å²) >= 11 is 2.05. The van der Waals surface area contributed by atoms with E-state index < -0.39 is 18.0 Å². The Morgan fingerprint density at radius 1 is 1.25 bits per heavy atom. The summed E-state index contributed by atoms with van der Waals surface area (Å²) in [5, 5.41) is 0. The lowest BCUT2D eigenvalue weighted by molar-refractivity contribution is -0.183. The lowest BCUT2D eigenvalue weighted by Gasteiger charge is -2.15. The van der Waals surface area contributed by atoms with Crippen molar-refractivity contribution in [3.8, 4) is 0 Å². The molecule has 0 spiro atoms. The second-order valence-electron chi connectivity index (χ2n) is 5.45. The van der Waals surface area contributed by atoms with Crippen molar-refractivity contribution >= 4 is 28.2 Å². The second kappa shape index (κ2) is 4.81. The molecule has 8 heteroatoms. The molecule has 0 radical (unpaired) electrons. The van der Waals surface area contributed by atoms with Gasteiger partial charge in [-0.2, -0.15) is 13.2 Å². The van der Waals surface area contributed by atoms with E-state index in [1.54, 1.807) is 4.40 Å². The van der Waals surface area contributed by atoms with Crippen molar-refractivity contribution < 1.29 is 17.6 Å². The van der Waals surface area contributed by atoms with Gasteiger partial charge < -0.3 is 0 Å². The third kappa shape index (κ3) is 2.75. The molecule has 3 nitrogen and oxygen atoms in total. The van der Waals surface area contributed by atoms with Gasteiger partial charge in [0.1, 0.15) is 15.7 Å². The van der Waals surface area contributed by atoms with Gasteiger partial charge in [0, 0.05) is 11.5 Å². The Morgan fingerprint density at radius 2 is 1.85 bits per heavy atom. The minimum absolute atomic E-state index is 0.260. The van der Waals surface area contributed by atoms with Gasteiger partial charge in [0.25, 0.3) is 0 Å². The van der Waals surface area contributed by atoms with E-state index in [-0.39, 0.29) is 11.1 Å². The molecule has 2 aromatic heterocycles. The number of imidazole rings is 1. The molecule has 0 aliphatic carbocycles. The number of halogens is 5. The smallest absolute Gasteiger partial charge is 0.278 e. The van der Waals surface area contributed by atoms with Crippen molar-refractivity contribution in [1.82, 2.24) is 14.4 Å². The highest BCUT2D eigenvalue weighted by Gasteiger charge is 2.42. The van der Waals surface area contributed by atoms with Crippen LogP contribution in [-0.2, 0) is 5.41 Å². The van der Waals surface area contributed by atoms with Crippen LogP contribution < -0.4 is 0 Å². The molecular formula is C12H12F4IN3. The molecule has 0 aliphatic rings. The zero-order valence-corrected chi connectivity index (χ0v) is 13.1. The molecule has 1 unspecified atom stereocenters. The highest BCUT2D eigenvalue weighted by atomic mass is 127. The number of hydrogen-bond donors (Lipinski definition) is 0. The molecule has 0 aliphatic heterocycles. The molecule has 0 fully saturated rings. The summed E-state index contributed by atoms with van der Waals surface area (Å²) in [6, 6.07) is 1.04. The maximum atomic E-state index is 13.3. The molecule has 0 bridgehead atoms. The monoisotopic (exact) mass is 401 g/mol. The van der Waals surface area contributed by atoms with Gasteiger partial charge in [-0.05, 0) is 22.6 Å². The molecule has 1 atom stereocenters. The number of nitrogens with zero attached hydrogens (tertiary/aromatic N) is 3. The average molecular weight is 401 g/mol. The van der Waals surface area contributed by atoms with Gasteiger partial charge in [-0.15, -0.1) is 0 Å². The van der Waals surface area contributed by atoms with Gasteiger partial charge >= 0.3 is 6.18 Å². The number of alkyl halides is 4. The van der Waals surface area contributed by atoms with Crippen molar-refractivity contribution in [2.24, 2.45) is 0 Å². The van der Waals surface area contributed by atoms with Gasteiger partial charge in [-0.3, -0.25) is 4.40 Å². The van der Waals surface area contributed by atoms with Gasteiger partial charge in [0.05, 0.1) is 11.4 Å². The van der Waals surface area contributed by atoms with Crippen molar-refractivity contribution in [3.63, 3.8) is 0 Å². The fourth-order valence-corrected chi connectivity index (χ4v) is 3.02. The summed E-state index contributed by atoms with van der Waals surface area (Å²) in [7, 11) is 0. The molecule has 2 rings (SSSR count). The van der Waals surface area contributed by atoms with E-state index >= 15 is 0 Å². The Bertz CT molecular complexity index is 642. The van der Waals surface area contributed by atoms with E-state index in [1.807, 2.05) is 43.4 Å². The maximum Gasteiger partial charge on any atom is 0.425 e. The lowest BCUT2D eigenvalue weighted by atomic mass is 9.93. The summed E-state index contributed by atoms with van der Waals surface area (Å²) in [5.41, 5.74) is 0.0598. The zero-order valence-electron chi connectivity index (χ0n) is 11.0. The van der Waals surface area contributed by atoms with Crippen LogP contribution in [0.25, 0.3) is 5.65 Å². The minimum atomic E-state index is -4.96. The van der Waals surface area contributed by atoms with E-state index in [9.17, 15) is 17.6 Å². The molecule has 0 N–H and O–H groups in total. The average Bonchev–Trinajstić information content (AvgIpc) is 2.64. The molecule has 20 heavy (non-hydrogen) atoms. The van der Waals surface area contributed by atoms with Crippen molar-refractivity contribution in [2.45, 2.75) is 38.5 Å². The Hall–Kier alpha value is -0.930. The number of rotatable bonds is 1. The fraction of sp³-hybridized carbons (Fsp3) is 0.500. The molecule has 0 saturated carbocycles. The summed E-state index contributed by atoms with van der Waals surface area (Å²) in [6.45, 7) is 5.83. The molecule has 0 aromatic carbocycles. The highest BCUT2D eigenvalue weighted by molar-refractivity contribution is 14.1. The van der Waals surface area contributed by atoms with E-state index in [0.717, 1.165) is 15.5 Å². The summed E-state index contributed by atoms with van der Waals surface area (Å²) in [5.74, 6) is 0. The summed E-state index contributed by atoms with van der Waals surface area (Å²) in [6.07, 6.45) is -6.88. The molecule has 0 amide bonds. The van der Waals surface area contributed by atoms with E-state index in [4.69, 9.17) is 0 Å². The zero-order chi connectivity index (χ0) is 15.3. The molecule has 110 valence electrons. The Kier molecular flexibility index (Phi) is 3.72. The quantitative estimate of drug-likeness (QED) is 0.530. The van der Waals surface area contributed by atoms with Crippen LogP contribution in [0.2, 0.25) is 0 Å². The first-order valence-corrected chi connectivity index (χ1v) is 6.84. The molecular weight excluding hydrogens is 389 g/mol. The van der Waals surface area contributed by atoms with E-state index in [1.165, 1.54) is 6.33 Å². The standard InChI is InChI=1S/C12H12F4IN3/c1-11(2,3)9-10(17)20-5-18-6(4-7(20)19-9)8(13)12(14,15)16/h4-5,8H,1-3H3. The third-order valence-electron chi connectivity index (χ3n) is 2.74. The summed E-state index contributed by atoms with van der Waals surface area (Å²) in [4.78, 5) is 7.84. The SMILES string of the molecule is CC(C)(C)c1nc2cc(C(F)C(F)(F)F)ncn2c1I. The van der Waals surface area contributed by atoms with Crippen molar-refractivity contribution in [1.29, 1.82) is 0 Å². The fourth-order valence-electron chi connectivity index (χ4n) is 1.72. The third-order valence-corrected chi connectivity index (χ3v) is 3.77. The topological polar surface area (TPSA) is 30.2 Å². The van der Waals surface area contributed by atoms with Crippen LogP contribution in [0.4, 0.5) is 17.6 Å². The van der Waals surface area contributed by atoms with Crippen LogP contribution in [0.15, 0.2) is 12.4 Å². The number of hydrogen-bond acceptors (Lipinski definition) is 2. The van der Waals surface area contributed by atoms with Crippen molar-refractivity contribution in [3.05, 3.63) is 27.5 Å². The molecule has 2 aromatic rings. The first kappa shape index (κ1) is 15.5. The Labute approximate surface area is 126 Å². The number of aromatic nitrogens is 3. The van der Waals surface area contributed by atoms with Crippen LogP contribution in [0.1, 0.15) is 38.3 Å². The minimum Gasteiger partial charge on any atom is -0.278 e. The Balaban J connectivity index is 2.56. The first-order valence-electron chi connectivity index (χ1n) is 5.76. The highest BCUT2D eigenvalue weighted by Crippen LogP contribution is 2.35. The predicted octanol–water partition coefficient (Wildman–Crippen LogP) is 4.20. The van der Waals surface area contributed by atoms with Gasteiger partial charge in [0.2, 0.25) is 6.17 Å². The van der Waals surface area contributed by atoms with Gasteiger partial charge in [0.15, 0.2) is 0 Å². The van der Waals surface area contributed by atoms with Crippen LogP contribution in [0.3, 0.4) is 0 Å². The predicted molar refractivity (Wildman–Crippen MR) is 74.3 cm³/mol. The second-order valence-corrected chi connectivity index (χ2v) is 6.47. The van der Waals surface area contributed by atoms with Gasteiger partial charge in [-0.25, -0.2) is 14.4 Å². The van der Waals surface area contributed by atoms with E-state index in [0.29, 0.717) is 0 Å². The normalized spacial score (nSPS) is 14.8. The van der Waals surface area contributed by atoms with Crippen LogP contribution in [0, 0.1) is 3.70 Å². The Morgan fingerprint density at radius 3 is 2.35 bits per heavy atom. The van der Waals surface area contributed by atoms with Crippen molar-refractivity contribution in [2.75, 3.05) is 0 Å². The molecule has 2 heterocycles. The van der Waals surface area contributed by atoms with Crippen LogP contribution in [-0.4, -0.2) is 20.5 Å². The van der Waals surface area contributed by atoms with E-state index in [2.05, 4.69) is 9.97 Å². The van der Waals surface area contributed by atoms with Crippen LogP contribution in [0.5, 0.6) is 0 Å². The largest absolute Gasteiger partial charge is 0.425 e. The first-order chi connectivity index (χ1) is 9.01. The lowest BCUT2D eigenvalue weighted by Crippen LogP contribution is -2.18. The maximum absolute atomic E-state index is 13.3. The number of fused-ring (bicyclic) bond motifs is 1. The van der Waals surface area contributed by atoms with Gasteiger partial charge in [-0.1, -0.05) is 20.8 Å². The molecule has 0 saturated heterocycles. The van der Waals surface area contributed by atoms with Crippen LogP contribution >= 0.6 is 22.6 Å².